The average Bonchev–Trinajstić information content (AvgIpc) is 2.98. The molecule has 0 aliphatic heterocycles. The zero-order valence-corrected chi connectivity index (χ0v) is 16.3. The van der Waals surface area contributed by atoms with Crippen molar-refractivity contribution in [2.45, 2.75) is 11.8 Å². The van der Waals surface area contributed by atoms with Gasteiger partial charge >= 0.3 is 0 Å². The van der Waals surface area contributed by atoms with Crippen LogP contribution in [0.4, 0.5) is 5.69 Å². The summed E-state index contributed by atoms with van der Waals surface area (Å²) in [6.45, 7) is 0.168. The molecule has 0 aliphatic carbocycles. The van der Waals surface area contributed by atoms with Crippen LogP contribution in [0.25, 0.3) is 0 Å². The zero-order valence-electron chi connectivity index (χ0n) is 13.9. The first-order valence-electron chi connectivity index (χ1n) is 7.77. The van der Waals surface area contributed by atoms with Crippen molar-refractivity contribution in [3.8, 4) is 5.75 Å². The molecule has 3 N–H and O–H groups in total. The van der Waals surface area contributed by atoms with Crippen LogP contribution >= 0.6 is 35.0 Å². The van der Waals surface area contributed by atoms with Gasteiger partial charge < -0.3 is 15.9 Å². The molecule has 2 aromatic carbocycles. The number of aromatic nitrogens is 3. The highest BCUT2D eigenvalue weighted by molar-refractivity contribution is 7.99. The second-order valence-corrected chi connectivity index (χ2v) is 7.18. The van der Waals surface area contributed by atoms with Crippen molar-refractivity contribution in [1.29, 1.82) is 0 Å². The van der Waals surface area contributed by atoms with Gasteiger partial charge in [0.15, 0.2) is 5.82 Å². The SMILES string of the molecule is Nn1c(COc2ccccc2)nnc1SCC(=O)Nc1cc(Cl)cc(Cl)c1. The second kappa shape index (κ2) is 8.98. The molecule has 0 unspecified atom stereocenters. The van der Waals surface area contributed by atoms with Crippen LogP contribution in [-0.2, 0) is 11.4 Å². The maximum atomic E-state index is 12.1. The van der Waals surface area contributed by atoms with E-state index >= 15 is 0 Å². The summed E-state index contributed by atoms with van der Waals surface area (Å²) in [5.41, 5.74) is 0.518. The number of carbonyl (C=O) groups excluding carboxylic acids is 1. The van der Waals surface area contributed by atoms with Crippen LogP contribution in [0, 0.1) is 0 Å². The van der Waals surface area contributed by atoms with E-state index in [4.69, 9.17) is 33.8 Å². The summed E-state index contributed by atoms with van der Waals surface area (Å²) < 4.78 is 6.90. The Morgan fingerprint density at radius 1 is 1.15 bits per heavy atom. The largest absolute Gasteiger partial charge is 0.486 e. The Morgan fingerprint density at radius 3 is 2.56 bits per heavy atom. The first-order chi connectivity index (χ1) is 13.0. The summed E-state index contributed by atoms with van der Waals surface area (Å²) in [4.78, 5) is 12.1. The molecule has 27 heavy (non-hydrogen) atoms. The minimum absolute atomic E-state index is 0.0962. The van der Waals surface area contributed by atoms with E-state index in [2.05, 4.69) is 15.5 Å². The monoisotopic (exact) mass is 423 g/mol. The Morgan fingerprint density at radius 2 is 1.85 bits per heavy atom. The Labute approximate surface area is 169 Å². The molecule has 3 rings (SSSR count). The van der Waals surface area contributed by atoms with Crippen molar-refractivity contribution in [2.75, 3.05) is 16.9 Å². The number of nitrogens with zero attached hydrogens (tertiary/aromatic N) is 3. The Balaban J connectivity index is 1.53. The lowest BCUT2D eigenvalue weighted by molar-refractivity contribution is -0.113. The number of nitrogen functional groups attached to an aromatic ring is 1. The first kappa shape index (κ1) is 19.3. The van der Waals surface area contributed by atoms with Gasteiger partial charge in [0.25, 0.3) is 0 Å². The van der Waals surface area contributed by atoms with Gasteiger partial charge in [-0.05, 0) is 30.3 Å². The molecule has 0 fully saturated rings. The summed E-state index contributed by atoms with van der Waals surface area (Å²) in [5.74, 6) is 6.97. The summed E-state index contributed by atoms with van der Waals surface area (Å²) in [5, 5.41) is 12.0. The fraction of sp³-hybridized carbons (Fsp3) is 0.118. The van der Waals surface area contributed by atoms with Gasteiger partial charge in [0, 0.05) is 15.7 Å². The van der Waals surface area contributed by atoms with Gasteiger partial charge in [-0.15, -0.1) is 10.2 Å². The van der Waals surface area contributed by atoms with Crippen molar-refractivity contribution in [1.82, 2.24) is 14.9 Å². The molecule has 0 radical (unpaired) electrons. The smallest absolute Gasteiger partial charge is 0.234 e. The molecule has 0 atom stereocenters. The molecular formula is C17H15Cl2N5O2S. The fourth-order valence-electron chi connectivity index (χ4n) is 2.12. The van der Waals surface area contributed by atoms with Gasteiger partial charge in [0.05, 0.1) is 5.75 Å². The van der Waals surface area contributed by atoms with Crippen molar-refractivity contribution in [2.24, 2.45) is 0 Å². The average molecular weight is 424 g/mol. The molecule has 0 bridgehead atoms. The molecule has 0 saturated carbocycles. The van der Waals surface area contributed by atoms with Crippen LogP contribution in [-0.4, -0.2) is 26.5 Å². The third kappa shape index (κ3) is 5.53. The van der Waals surface area contributed by atoms with E-state index < -0.39 is 0 Å². The standard InChI is InChI=1S/C17H15Cl2N5O2S/c18-11-6-12(19)8-13(7-11)21-16(25)10-27-17-23-22-15(24(17)20)9-26-14-4-2-1-3-5-14/h1-8H,9-10,20H2,(H,21,25). The van der Waals surface area contributed by atoms with E-state index in [1.165, 1.54) is 4.68 Å². The predicted octanol–water partition coefficient (Wildman–Crippen LogP) is 3.61. The minimum atomic E-state index is -0.247. The zero-order chi connectivity index (χ0) is 19.2. The number of hydrogen-bond acceptors (Lipinski definition) is 6. The molecule has 0 spiro atoms. The number of halogens is 2. The first-order valence-corrected chi connectivity index (χ1v) is 9.51. The van der Waals surface area contributed by atoms with E-state index in [0.717, 1.165) is 11.8 Å². The Kier molecular flexibility index (Phi) is 6.44. The van der Waals surface area contributed by atoms with Gasteiger partial charge in [-0.1, -0.05) is 53.2 Å². The van der Waals surface area contributed by atoms with E-state index in [0.29, 0.717) is 32.5 Å². The van der Waals surface area contributed by atoms with E-state index in [-0.39, 0.29) is 18.3 Å². The van der Waals surface area contributed by atoms with Crippen LogP contribution in [0.15, 0.2) is 53.7 Å². The van der Waals surface area contributed by atoms with Gasteiger partial charge in [-0.25, -0.2) is 4.68 Å². The van der Waals surface area contributed by atoms with Crippen molar-refractivity contribution >= 4 is 46.6 Å². The van der Waals surface area contributed by atoms with E-state index in [1.807, 2.05) is 30.3 Å². The number of nitrogens with one attached hydrogen (secondary N) is 1. The summed E-state index contributed by atoms with van der Waals surface area (Å²) >= 11 is 13.0. The lowest BCUT2D eigenvalue weighted by Crippen LogP contribution is -2.18. The number of carbonyl (C=O) groups is 1. The molecule has 7 nitrogen and oxygen atoms in total. The van der Waals surface area contributed by atoms with E-state index in [9.17, 15) is 4.79 Å². The third-order valence-corrected chi connectivity index (χ3v) is 4.70. The second-order valence-electron chi connectivity index (χ2n) is 5.37. The van der Waals surface area contributed by atoms with Gasteiger partial charge in [-0.3, -0.25) is 4.79 Å². The van der Waals surface area contributed by atoms with Crippen LogP contribution in [0.5, 0.6) is 5.75 Å². The minimum Gasteiger partial charge on any atom is -0.486 e. The number of hydrogen-bond donors (Lipinski definition) is 2. The normalized spacial score (nSPS) is 10.6. The molecule has 10 heteroatoms. The number of para-hydroxylation sites is 1. The lowest BCUT2D eigenvalue weighted by atomic mass is 10.3. The van der Waals surface area contributed by atoms with Crippen LogP contribution in [0.2, 0.25) is 10.0 Å². The van der Waals surface area contributed by atoms with Crippen molar-refractivity contribution < 1.29 is 9.53 Å². The Bertz CT molecular complexity index is 916. The number of rotatable bonds is 7. The van der Waals surface area contributed by atoms with Crippen LogP contribution in [0.1, 0.15) is 5.82 Å². The molecule has 0 aliphatic rings. The molecule has 140 valence electrons. The molecule has 0 saturated heterocycles. The highest BCUT2D eigenvalue weighted by Crippen LogP contribution is 2.23. The predicted molar refractivity (Wildman–Crippen MR) is 107 cm³/mol. The summed E-state index contributed by atoms with van der Waals surface area (Å²) in [6.07, 6.45) is 0. The van der Waals surface area contributed by atoms with Crippen LogP contribution < -0.4 is 15.9 Å². The van der Waals surface area contributed by atoms with Gasteiger partial charge in [0.2, 0.25) is 11.1 Å². The molecule has 1 amide bonds. The number of amides is 1. The topological polar surface area (TPSA) is 95.1 Å². The number of ether oxygens (including phenoxy) is 1. The summed E-state index contributed by atoms with van der Waals surface area (Å²) in [6, 6.07) is 14.1. The number of anilines is 1. The molecule has 3 aromatic rings. The third-order valence-electron chi connectivity index (χ3n) is 3.32. The maximum absolute atomic E-state index is 12.1. The highest BCUT2D eigenvalue weighted by Gasteiger charge is 2.13. The highest BCUT2D eigenvalue weighted by atomic mass is 35.5. The Hall–Kier alpha value is -2.42. The summed E-state index contributed by atoms with van der Waals surface area (Å²) in [7, 11) is 0. The number of benzene rings is 2. The molecular weight excluding hydrogens is 409 g/mol. The quantitative estimate of drug-likeness (QED) is 0.445. The van der Waals surface area contributed by atoms with E-state index in [1.54, 1.807) is 18.2 Å². The van der Waals surface area contributed by atoms with Crippen molar-refractivity contribution in [3.63, 3.8) is 0 Å². The number of nitrogens with two attached hydrogens (primary N) is 1. The number of thioether (sulfide) groups is 1. The maximum Gasteiger partial charge on any atom is 0.234 e. The van der Waals surface area contributed by atoms with Gasteiger partial charge in [-0.2, -0.15) is 0 Å². The van der Waals surface area contributed by atoms with Crippen molar-refractivity contribution in [3.05, 3.63) is 64.4 Å². The molecule has 1 heterocycles. The fourth-order valence-corrected chi connectivity index (χ4v) is 3.32. The lowest BCUT2D eigenvalue weighted by Gasteiger charge is -2.07. The molecule has 1 aromatic heterocycles. The van der Waals surface area contributed by atoms with Gasteiger partial charge in [0.1, 0.15) is 12.4 Å². The van der Waals surface area contributed by atoms with Crippen LogP contribution in [0.3, 0.4) is 0 Å².